The average molecular weight is 373 g/mol. The number of carbonyl (C=O) groups is 2. The number of aromatic amines is 1. The van der Waals surface area contributed by atoms with Crippen molar-refractivity contribution in [3.63, 3.8) is 0 Å². The van der Waals surface area contributed by atoms with Gasteiger partial charge < -0.3 is 15.0 Å². The van der Waals surface area contributed by atoms with E-state index in [1.165, 1.54) is 13.2 Å². The van der Waals surface area contributed by atoms with Crippen LogP contribution in [0.1, 0.15) is 29.3 Å². The van der Waals surface area contributed by atoms with E-state index in [1.54, 1.807) is 0 Å². The molecule has 26 heavy (non-hydrogen) atoms. The van der Waals surface area contributed by atoms with Gasteiger partial charge in [0.05, 0.1) is 19.2 Å². The van der Waals surface area contributed by atoms with E-state index in [1.807, 2.05) is 30.3 Å². The fourth-order valence-corrected chi connectivity index (χ4v) is 3.39. The molecule has 0 unspecified atom stereocenters. The monoisotopic (exact) mass is 373 g/mol. The summed E-state index contributed by atoms with van der Waals surface area (Å²) in [7, 11) is 1.28. The smallest absolute Gasteiger partial charge is 0.311 e. The van der Waals surface area contributed by atoms with Crippen LogP contribution in [0.3, 0.4) is 0 Å². The molecule has 7 nitrogen and oxygen atoms in total. The predicted molar refractivity (Wildman–Crippen MR) is 96.8 cm³/mol. The molecule has 1 aromatic carbocycles. The standard InChI is InChI=1S/C18H19N3O4S/c1-25-15(23)10-13-9-14(22)21-18(20-13)26-16(11-5-3-2-4-6-11)17(24)19-12-7-8-12/h2-6,9,12,16H,7-8,10H2,1H3,(H,19,24)(H,20,21,22)/t16-/m0/s1. The number of nitrogens with zero attached hydrogens (tertiary/aromatic N) is 1. The Labute approximate surface area is 154 Å². The Hall–Kier alpha value is -2.61. The third-order valence-electron chi connectivity index (χ3n) is 3.82. The number of amides is 1. The predicted octanol–water partition coefficient (Wildman–Crippen LogP) is 1.60. The second kappa shape index (κ2) is 8.18. The largest absolute Gasteiger partial charge is 0.469 e. The quantitative estimate of drug-likeness (QED) is 0.434. The Morgan fingerprint density at radius 2 is 2.08 bits per heavy atom. The van der Waals surface area contributed by atoms with Crippen LogP contribution < -0.4 is 10.9 Å². The highest BCUT2D eigenvalue weighted by Crippen LogP contribution is 2.34. The first-order valence-electron chi connectivity index (χ1n) is 8.24. The molecule has 1 aliphatic carbocycles. The van der Waals surface area contributed by atoms with Gasteiger partial charge in [0.15, 0.2) is 5.16 Å². The van der Waals surface area contributed by atoms with Gasteiger partial charge in [-0.3, -0.25) is 14.4 Å². The molecular formula is C18H19N3O4S. The van der Waals surface area contributed by atoms with Gasteiger partial charge in [0.25, 0.3) is 5.56 Å². The molecule has 1 atom stereocenters. The Kier molecular flexibility index (Phi) is 5.72. The van der Waals surface area contributed by atoms with E-state index in [0.29, 0.717) is 5.69 Å². The SMILES string of the molecule is COC(=O)Cc1cc(=O)[nH]c(S[C@H](C(=O)NC2CC2)c2ccccc2)n1. The molecule has 1 aliphatic rings. The van der Waals surface area contributed by atoms with E-state index in [0.717, 1.165) is 30.2 Å². The number of hydrogen-bond donors (Lipinski definition) is 2. The first-order valence-corrected chi connectivity index (χ1v) is 9.12. The molecule has 2 aromatic rings. The maximum atomic E-state index is 12.7. The minimum absolute atomic E-state index is 0.0990. The summed E-state index contributed by atoms with van der Waals surface area (Å²) in [6.07, 6.45) is 1.88. The lowest BCUT2D eigenvalue weighted by Gasteiger charge is -2.16. The highest BCUT2D eigenvalue weighted by atomic mass is 32.2. The van der Waals surface area contributed by atoms with Gasteiger partial charge in [-0.2, -0.15) is 0 Å². The van der Waals surface area contributed by atoms with Crippen LogP contribution in [0.2, 0.25) is 0 Å². The maximum absolute atomic E-state index is 12.7. The van der Waals surface area contributed by atoms with Crippen molar-refractivity contribution in [2.75, 3.05) is 7.11 Å². The summed E-state index contributed by atoms with van der Waals surface area (Å²) in [6, 6.07) is 10.8. The topological polar surface area (TPSA) is 101 Å². The molecule has 0 aliphatic heterocycles. The van der Waals surface area contributed by atoms with Crippen LogP contribution in [0.25, 0.3) is 0 Å². The zero-order valence-corrected chi connectivity index (χ0v) is 15.0. The van der Waals surface area contributed by atoms with Crippen molar-refractivity contribution < 1.29 is 14.3 Å². The molecule has 1 amide bonds. The minimum atomic E-state index is -0.548. The van der Waals surface area contributed by atoms with Crippen molar-refractivity contribution in [1.82, 2.24) is 15.3 Å². The summed E-state index contributed by atoms with van der Waals surface area (Å²) in [5, 5.41) is 2.73. The molecule has 3 rings (SSSR count). The number of H-pyrrole nitrogens is 1. The first-order chi connectivity index (χ1) is 12.5. The molecule has 1 saturated carbocycles. The van der Waals surface area contributed by atoms with Gasteiger partial charge in [-0.05, 0) is 18.4 Å². The minimum Gasteiger partial charge on any atom is -0.469 e. The van der Waals surface area contributed by atoms with Gasteiger partial charge in [-0.1, -0.05) is 42.1 Å². The molecule has 0 saturated heterocycles. The zero-order chi connectivity index (χ0) is 18.5. The van der Waals surface area contributed by atoms with Crippen LogP contribution in [-0.4, -0.2) is 35.0 Å². The summed E-state index contributed by atoms with van der Waals surface area (Å²) in [5.41, 5.74) is 0.741. The molecule has 0 radical (unpaired) electrons. The van der Waals surface area contributed by atoms with Crippen LogP contribution in [0, 0.1) is 0 Å². The molecule has 1 aromatic heterocycles. The Balaban J connectivity index is 1.85. The number of rotatable bonds is 7. The van der Waals surface area contributed by atoms with E-state index >= 15 is 0 Å². The van der Waals surface area contributed by atoms with Crippen LogP contribution in [-0.2, 0) is 20.7 Å². The summed E-state index contributed by atoms with van der Waals surface area (Å²) in [6.45, 7) is 0. The van der Waals surface area contributed by atoms with Gasteiger partial charge in [0.2, 0.25) is 5.91 Å². The van der Waals surface area contributed by atoms with Crippen LogP contribution in [0.5, 0.6) is 0 Å². The number of carbonyl (C=O) groups excluding carboxylic acids is 2. The van der Waals surface area contributed by atoms with Crippen molar-refractivity contribution in [1.29, 1.82) is 0 Å². The van der Waals surface area contributed by atoms with E-state index in [4.69, 9.17) is 0 Å². The zero-order valence-electron chi connectivity index (χ0n) is 14.2. The van der Waals surface area contributed by atoms with E-state index < -0.39 is 11.2 Å². The molecule has 8 heteroatoms. The number of nitrogens with one attached hydrogen (secondary N) is 2. The average Bonchev–Trinajstić information content (AvgIpc) is 3.43. The number of methoxy groups -OCH3 is 1. The van der Waals surface area contributed by atoms with Crippen molar-refractivity contribution in [3.05, 3.63) is 58.0 Å². The first kappa shape index (κ1) is 18.2. The Morgan fingerprint density at radius 3 is 2.73 bits per heavy atom. The molecule has 0 bridgehead atoms. The lowest BCUT2D eigenvalue weighted by Crippen LogP contribution is -2.30. The second-order valence-corrected chi connectivity index (χ2v) is 7.08. The van der Waals surface area contributed by atoms with Gasteiger partial charge in [-0.15, -0.1) is 0 Å². The number of hydrogen-bond acceptors (Lipinski definition) is 6. The molecular weight excluding hydrogens is 354 g/mol. The van der Waals surface area contributed by atoms with E-state index in [9.17, 15) is 14.4 Å². The number of benzene rings is 1. The second-order valence-electron chi connectivity index (χ2n) is 5.99. The fraction of sp³-hybridized carbons (Fsp3) is 0.333. The normalized spacial score (nSPS) is 14.5. The summed E-state index contributed by atoms with van der Waals surface area (Å²) < 4.78 is 4.61. The Morgan fingerprint density at radius 1 is 1.35 bits per heavy atom. The number of ether oxygens (including phenoxy) is 1. The van der Waals surface area contributed by atoms with E-state index in [2.05, 4.69) is 20.0 Å². The van der Waals surface area contributed by atoms with Gasteiger partial charge in [0.1, 0.15) is 5.25 Å². The number of thioether (sulfide) groups is 1. The van der Waals surface area contributed by atoms with Gasteiger partial charge >= 0.3 is 5.97 Å². The van der Waals surface area contributed by atoms with Crippen molar-refractivity contribution >= 4 is 23.6 Å². The molecule has 1 heterocycles. The third-order valence-corrected chi connectivity index (χ3v) is 4.96. The lowest BCUT2D eigenvalue weighted by molar-refractivity contribution is -0.139. The lowest BCUT2D eigenvalue weighted by atomic mass is 10.1. The van der Waals surface area contributed by atoms with E-state index in [-0.39, 0.29) is 29.1 Å². The highest BCUT2D eigenvalue weighted by Gasteiger charge is 2.29. The van der Waals surface area contributed by atoms with Crippen LogP contribution in [0.4, 0.5) is 0 Å². The van der Waals surface area contributed by atoms with Crippen molar-refractivity contribution in [2.24, 2.45) is 0 Å². The number of esters is 1. The highest BCUT2D eigenvalue weighted by molar-refractivity contribution is 8.00. The summed E-state index contributed by atoms with van der Waals surface area (Å²) >= 11 is 1.15. The Bertz CT molecular complexity index is 849. The molecule has 136 valence electrons. The summed E-state index contributed by atoms with van der Waals surface area (Å²) in [5.74, 6) is -0.602. The molecule has 2 N–H and O–H groups in total. The van der Waals surface area contributed by atoms with Gasteiger partial charge in [0, 0.05) is 12.1 Å². The van der Waals surface area contributed by atoms with Crippen LogP contribution in [0.15, 0.2) is 46.3 Å². The van der Waals surface area contributed by atoms with Crippen molar-refractivity contribution in [2.45, 2.75) is 35.7 Å². The van der Waals surface area contributed by atoms with Gasteiger partial charge in [-0.25, -0.2) is 4.98 Å². The van der Waals surface area contributed by atoms with Crippen LogP contribution >= 0.6 is 11.8 Å². The fourth-order valence-electron chi connectivity index (χ4n) is 2.37. The molecule has 1 fully saturated rings. The third kappa shape index (κ3) is 4.95. The van der Waals surface area contributed by atoms with Crippen molar-refractivity contribution in [3.8, 4) is 0 Å². The number of aromatic nitrogens is 2. The summed E-state index contributed by atoms with van der Waals surface area (Å²) in [4.78, 5) is 42.9. The molecule has 0 spiro atoms. The maximum Gasteiger partial charge on any atom is 0.311 e.